The van der Waals surface area contributed by atoms with Crippen LogP contribution in [0.25, 0.3) is 0 Å². The van der Waals surface area contributed by atoms with Gasteiger partial charge in [-0.1, -0.05) is 30.3 Å². The lowest BCUT2D eigenvalue weighted by Gasteiger charge is -2.30. The van der Waals surface area contributed by atoms with Crippen molar-refractivity contribution in [3.63, 3.8) is 0 Å². The molecule has 9 nitrogen and oxygen atoms in total. The lowest BCUT2D eigenvalue weighted by atomic mass is 9.96. The summed E-state index contributed by atoms with van der Waals surface area (Å²) < 4.78 is 10.5. The zero-order valence-corrected chi connectivity index (χ0v) is 17.6. The average Bonchev–Trinajstić information content (AvgIpc) is 3.26. The fraction of sp³-hybridized carbons (Fsp3) is 0.348. The van der Waals surface area contributed by atoms with Gasteiger partial charge >= 0.3 is 6.03 Å². The van der Waals surface area contributed by atoms with E-state index < -0.39 is 11.9 Å². The summed E-state index contributed by atoms with van der Waals surface area (Å²) in [7, 11) is 0. The number of nitrogens with zero attached hydrogens (tertiary/aromatic N) is 1. The molecule has 1 saturated heterocycles. The molecule has 9 heteroatoms. The molecule has 2 aliphatic rings. The van der Waals surface area contributed by atoms with Crippen LogP contribution in [0.3, 0.4) is 0 Å². The van der Waals surface area contributed by atoms with Gasteiger partial charge in [-0.15, -0.1) is 0 Å². The SMILES string of the molecule is O=C(CN1CCC(C(=O)NCc2ccccc2)CC1)NC(=O)Nc1ccc2c(c1)OCO2. The number of hydrogen-bond acceptors (Lipinski definition) is 6. The van der Waals surface area contributed by atoms with Crippen LogP contribution >= 0.6 is 0 Å². The van der Waals surface area contributed by atoms with E-state index in [1.807, 2.05) is 35.2 Å². The smallest absolute Gasteiger partial charge is 0.325 e. The first kappa shape index (κ1) is 21.6. The molecule has 0 unspecified atom stereocenters. The number of rotatable bonds is 6. The van der Waals surface area contributed by atoms with E-state index in [0.29, 0.717) is 49.7 Å². The van der Waals surface area contributed by atoms with Gasteiger partial charge in [0.05, 0.1) is 6.54 Å². The molecule has 4 amide bonds. The topological polar surface area (TPSA) is 109 Å². The van der Waals surface area contributed by atoms with Crippen molar-refractivity contribution in [1.82, 2.24) is 15.5 Å². The number of ether oxygens (including phenoxy) is 2. The number of carbonyl (C=O) groups is 3. The first-order valence-electron chi connectivity index (χ1n) is 10.6. The van der Waals surface area contributed by atoms with Crippen LogP contribution < -0.4 is 25.4 Å². The Morgan fingerprint density at radius 2 is 1.72 bits per heavy atom. The summed E-state index contributed by atoms with van der Waals surface area (Å²) in [6, 6.07) is 14.2. The third-order valence-corrected chi connectivity index (χ3v) is 5.52. The predicted octanol–water partition coefficient (Wildman–Crippen LogP) is 2.09. The van der Waals surface area contributed by atoms with E-state index in [2.05, 4.69) is 16.0 Å². The van der Waals surface area contributed by atoms with E-state index in [0.717, 1.165) is 5.56 Å². The van der Waals surface area contributed by atoms with Gasteiger partial charge in [0.15, 0.2) is 11.5 Å². The van der Waals surface area contributed by atoms with Crippen LogP contribution in [0.15, 0.2) is 48.5 Å². The summed E-state index contributed by atoms with van der Waals surface area (Å²) >= 11 is 0. The van der Waals surface area contributed by atoms with Crippen molar-refractivity contribution in [3.8, 4) is 11.5 Å². The minimum Gasteiger partial charge on any atom is -0.454 e. The highest BCUT2D eigenvalue weighted by Gasteiger charge is 2.26. The number of imide groups is 1. The van der Waals surface area contributed by atoms with Crippen LogP contribution in [-0.2, 0) is 16.1 Å². The Hall–Kier alpha value is -3.59. The second-order valence-electron chi connectivity index (χ2n) is 7.82. The molecule has 0 aromatic heterocycles. The molecule has 0 atom stereocenters. The fourth-order valence-corrected chi connectivity index (χ4v) is 3.79. The molecule has 168 valence electrons. The molecule has 32 heavy (non-hydrogen) atoms. The molecule has 2 heterocycles. The second kappa shape index (κ2) is 10.1. The maximum Gasteiger partial charge on any atom is 0.325 e. The van der Waals surface area contributed by atoms with Crippen molar-refractivity contribution in [2.75, 3.05) is 31.7 Å². The second-order valence-corrected chi connectivity index (χ2v) is 7.82. The van der Waals surface area contributed by atoms with E-state index in [9.17, 15) is 14.4 Å². The fourth-order valence-electron chi connectivity index (χ4n) is 3.79. The molecular formula is C23H26N4O5. The molecule has 0 spiro atoms. The Balaban J connectivity index is 1.16. The first-order chi connectivity index (χ1) is 15.6. The number of urea groups is 1. The van der Waals surface area contributed by atoms with Crippen LogP contribution in [0.4, 0.5) is 10.5 Å². The minimum atomic E-state index is -0.607. The van der Waals surface area contributed by atoms with Gasteiger partial charge < -0.3 is 20.1 Å². The highest BCUT2D eigenvalue weighted by atomic mass is 16.7. The number of fused-ring (bicyclic) bond motifs is 1. The van der Waals surface area contributed by atoms with Crippen molar-refractivity contribution in [2.24, 2.45) is 5.92 Å². The molecule has 0 aliphatic carbocycles. The zero-order chi connectivity index (χ0) is 22.3. The number of amides is 4. The Kier molecular flexibility index (Phi) is 6.86. The maximum absolute atomic E-state index is 12.4. The predicted molar refractivity (Wildman–Crippen MR) is 117 cm³/mol. The Morgan fingerprint density at radius 3 is 2.50 bits per heavy atom. The number of benzene rings is 2. The third kappa shape index (κ3) is 5.76. The third-order valence-electron chi connectivity index (χ3n) is 5.52. The van der Waals surface area contributed by atoms with Crippen molar-refractivity contribution in [1.29, 1.82) is 0 Å². The molecule has 0 radical (unpaired) electrons. The maximum atomic E-state index is 12.4. The van der Waals surface area contributed by atoms with Gasteiger partial charge in [-0.3, -0.25) is 19.8 Å². The van der Waals surface area contributed by atoms with Gasteiger partial charge in [0.25, 0.3) is 0 Å². The lowest BCUT2D eigenvalue weighted by Crippen LogP contribution is -2.46. The van der Waals surface area contributed by atoms with Crippen LogP contribution in [0.2, 0.25) is 0 Å². The number of hydrogen-bond donors (Lipinski definition) is 3. The van der Waals surface area contributed by atoms with Crippen molar-refractivity contribution in [2.45, 2.75) is 19.4 Å². The number of piperidine rings is 1. The van der Waals surface area contributed by atoms with Gasteiger partial charge in [0, 0.05) is 24.2 Å². The highest BCUT2D eigenvalue weighted by Crippen LogP contribution is 2.34. The molecule has 2 aromatic carbocycles. The number of nitrogens with one attached hydrogen (secondary N) is 3. The van der Waals surface area contributed by atoms with Gasteiger partial charge in [-0.25, -0.2) is 4.79 Å². The van der Waals surface area contributed by atoms with Gasteiger partial charge in [-0.05, 0) is 43.6 Å². The molecule has 1 fully saturated rings. The van der Waals surface area contributed by atoms with E-state index in [1.165, 1.54) is 0 Å². The largest absolute Gasteiger partial charge is 0.454 e. The van der Waals surface area contributed by atoms with E-state index in [4.69, 9.17) is 9.47 Å². The summed E-state index contributed by atoms with van der Waals surface area (Å²) in [4.78, 5) is 38.7. The van der Waals surface area contributed by atoms with Crippen molar-refractivity contribution in [3.05, 3.63) is 54.1 Å². The lowest BCUT2D eigenvalue weighted by molar-refractivity contribution is -0.126. The monoisotopic (exact) mass is 438 g/mol. The van der Waals surface area contributed by atoms with Crippen LogP contribution in [0.1, 0.15) is 18.4 Å². The summed E-state index contributed by atoms with van der Waals surface area (Å²) in [5, 5.41) is 7.93. The quantitative estimate of drug-likeness (QED) is 0.637. The molecule has 3 N–H and O–H groups in total. The highest BCUT2D eigenvalue weighted by molar-refractivity contribution is 6.01. The standard InChI is InChI=1S/C23H26N4O5/c28-21(26-23(30)25-18-6-7-19-20(12-18)32-15-31-19)14-27-10-8-17(9-11-27)22(29)24-13-16-4-2-1-3-5-16/h1-7,12,17H,8-11,13-15H2,(H,24,29)(H2,25,26,28,30). The van der Waals surface area contributed by atoms with Gasteiger partial charge in [0.1, 0.15) is 0 Å². The van der Waals surface area contributed by atoms with Crippen molar-refractivity contribution >= 4 is 23.5 Å². The summed E-state index contributed by atoms with van der Waals surface area (Å²) in [6.07, 6.45) is 1.36. The summed E-state index contributed by atoms with van der Waals surface area (Å²) in [5.41, 5.74) is 1.57. The van der Waals surface area contributed by atoms with Gasteiger partial charge in [-0.2, -0.15) is 0 Å². The number of anilines is 1. The minimum absolute atomic E-state index is 0.0426. The average molecular weight is 438 g/mol. The number of carbonyl (C=O) groups excluding carboxylic acids is 3. The molecule has 0 saturated carbocycles. The Labute approximate surface area is 186 Å². The van der Waals surface area contributed by atoms with Gasteiger partial charge in [0.2, 0.25) is 18.6 Å². The molecule has 2 aromatic rings. The van der Waals surface area contributed by atoms with Crippen LogP contribution in [-0.4, -0.2) is 49.2 Å². The van der Waals surface area contributed by atoms with Crippen molar-refractivity contribution < 1.29 is 23.9 Å². The normalized spacial score (nSPS) is 15.8. The molecule has 2 aliphatic heterocycles. The van der Waals surface area contributed by atoms with E-state index in [1.54, 1.807) is 18.2 Å². The van der Waals surface area contributed by atoms with E-state index >= 15 is 0 Å². The molecule has 0 bridgehead atoms. The van der Waals surface area contributed by atoms with Crippen LogP contribution in [0, 0.1) is 5.92 Å². The van der Waals surface area contributed by atoms with Crippen LogP contribution in [0.5, 0.6) is 11.5 Å². The first-order valence-corrected chi connectivity index (χ1v) is 10.6. The molecule has 4 rings (SSSR count). The summed E-state index contributed by atoms with van der Waals surface area (Å²) in [6.45, 7) is 2.02. The molecular weight excluding hydrogens is 412 g/mol. The zero-order valence-electron chi connectivity index (χ0n) is 17.6. The van der Waals surface area contributed by atoms with E-state index in [-0.39, 0.29) is 25.2 Å². The Morgan fingerprint density at radius 1 is 0.969 bits per heavy atom. The number of likely N-dealkylation sites (tertiary alicyclic amines) is 1. The summed E-state index contributed by atoms with van der Waals surface area (Å²) in [5.74, 6) is 0.748. The Bertz CT molecular complexity index is 974.